The van der Waals surface area contributed by atoms with Gasteiger partial charge in [0.05, 0.1) is 11.7 Å². The lowest BCUT2D eigenvalue weighted by atomic mass is 9.86. The first-order valence-electron chi connectivity index (χ1n) is 10.2. The Morgan fingerprint density at radius 2 is 2.10 bits per heavy atom. The van der Waals surface area contributed by atoms with E-state index in [1.807, 2.05) is 31.3 Å². The van der Waals surface area contributed by atoms with Gasteiger partial charge in [-0.3, -0.25) is 9.48 Å². The molecule has 1 aromatic carbocycles. The minimum absolute atomic E-state index is 0.132. The summed E-state index contributed by atoms with van der Waals surface area (Å²) in [5, 5.41) is 14.2. The zero-order valence-electron chi connectivity index (χ0n) is 17.7. The Labute approximate surface area is 180 Å². The van der Waals surface area contributed by atoms with Crippen molar-refractivity contribution < 1.29 is 9.90 Å². The Hall–Kier alpha value is -3.63. The van der Waals surface area contributed by atoms with Crippen molar-refractivity contribution in [3.63, 3.8) is 0 Å². The van der Waals surface area contributed by atoms with Gasteiger partial charge >= 0.3 is 0 Å². The molecule has 1 amide bonds. The van der Waals surface area contributed by atoms with Gasteiger partial charge in [-0.05, 0) is 49.6 Å². The summed E-state index contributed by atoms with van der Waals surface area (Å²) in [5.74, 6) is 6.08. The number of benzene rings is 1. The number of allylic oxidation sites excluding steroid dienone is 2. The molecule has 7 heteroatoms. The second-order valence-electron chi connectivity index (χ2n) is 8.62. The average molecular weight is 413 g/mol. The number of amides is 1. The third-order valence-corrected chi connectivity index (χ3v) is 5.79. The highest BCUT2D eigenvalue weighted by Gasteiger charge is 2.35. The lowest BCUT2D eigenvalue weighted by molar-refractivity contribution is 0.0995. The molecule has 31 heavy (non-hydrogen) atoms. The smallest absolute Gasteiger partial charge is 0.269 e. The largest absolute Gasteiger partial charge is 0.378 e. The van der Waals surface area contributed by atoms with Crippen LogP contribution >= 0.6 is 0 Å². The van der Waals surface area contributed by atoms with Gasteiger partial charge in [0.25, 0.3) is 5.91 Å². The summed E-state index contributed by atoms with van der Waals surface area (Å²) in [7, 11) is 1.88. The van der Waals surface area contributed by atoms with Crippen LogP contribution in [0.4, 0.5) is 0 Å². The highest BCUT2D eigenvalue weighted by Crippen LogP contribution is 2.48. The van der Waals surface area contributed by atoms with Gasteiger partial charge in [-0.25, -0.2) is 4.98 Å². The molecule has 1 unspecified atom stereocenters. The van der Waals surface area contributed by atoms with Gasteiger partial charge in [-0.1, -0.05) is 24.0 Å². The monoisotopic (exact) mass is 413 g/mol. The molecule has 0 saturated carbocycles. The molecular weight excluding hydrogens is 390 g/mol. The SMILES string of the molecule is Cn1nccc1Cc1c(C(N)=O)nc2n1C1C=C(C1)c1ccc(C#CC(C)(C)O)cc1-2. The van der Waals surface area contributed by atoms with Crippen molar-refractivity contribution in [3.8, 4) is 23.2 Å². The van der Waals surface area contributed by atoms with Crippen LogP contribution in [0, 0.1) is 11.8 Å². The first-order valence-corrected chi connectivity index (χ1v) is 10.2. The number of aromatic nitrogens is 4. The number of imidazole rings is 1. The van der Waals surface area contributed by atoms with Crippen molar-refractivity contribution in [2.75, 3.05) is 0 Å². The highest BCUT2D eigenvalue weighted by molar-refractivity contribution is 5.94. The first kappa shape index (κ1) is 19.3. The van der Waals surface area contributed by atoms with Crippen molar-refractivity contribution in [1.82, 2.24) is 19.3 Å². The number of carbonyl (C=O) groups excluding carboxylic acids is 1. The average Bonchev–Trinajstić information content (AvgIpc) is 3.17. The number of primary amides is 1. The maximum Gasteiger partial charge on any atom is 0.269 e. The molecule has 1 aliphatic carbocycles. The number of nitrogens with zero attached hydrogens (tertiary/aromatic N) is 4. The van der Waals surface area contributed by atoms with Crippen molar-refractivity contribution in [2.24, 2.45) is 12.8 Å². The topological polar surface area (TPSA) is 99.0 Å². The maximum atomic E-state index is 12.3. The quantitative estimate of drug-likeness (QED) is 0.644. The maximum absolute atomic E-state index is 12.3. The van der Waals surface area contributed by atoms with E-state index < -0.39 is 11.5 Å². The van der Waals surface area contributed by atoms with Crippen LogP contribution in [0.2, 0.25) is 0 Å². The van der Waals surface area contributed by atoms with E-state index in [4.69, 9.17) is 10.7 Å². The Kier molecular flexibility index (Phi) is 4.17. The third kappa shape index (κ3) is 3.25. The highest BCUT2D eigenvalue weighted by atomic mass is 16.3. The number of aliphatic hydroxyl groups is 1. The molecule has 0 fully saturated rings. The van der Waals surface area contributed by atoms with Crippen LogP contribution in [-0.2, 0) is 13.5 Å². The number of hydrogen-bond acceptors (Lipinski definition) is 4. The van der Waals surface area contributed by atoms with Crippen LogP contribution in [0.3, 0.4) is 0 Å². The number of carbonyl (C=O) groups is 1. The van der Waals surface area contributed by atoms with Gasteiger partial charge in [0.1, 0.15) is 17.1 Å². The molecule has 0 saturated heterocycles. The van der Waals surface area contributed by atoms with Crippen molar-refractivity contribution >= 4 is 11.5 Å². The number of hydrogen-bond donors (Lipinski definition) is 2. The molecule has 3 aromatic rings. The van der Waals surface area contributed by atoms with Gasteiger partial charge < -0.3 is 15.4 Å². The van der Waals surface area contributed by atoms with Crippen molar-refractivity contribution in [3.05, 3.63) is 64.7 Å². The standard InChI is InChI=1S/C24H23N5O2/c1-24(2,31)8-6-14-4-5-18-15-11-17(12-15)29-20(13-16-7-9-26-28(16)3)21(22(25)30)27-23(29)19(18)10-14/h4-5,7,9-11,17,31H,12-13H2,1-3H3,(H2,25,30). The van der Waals surface area contributed by atoms with E-state index in [9.17, 15) is 9.90 Å². The number of rotatable bonds is 3. The summed E-state index contributed by atoms with van der Waals surface area (Å²) in [5.41, 5.74) is 10.8. The van der Waals surface area contributed by atoms with Gasteiger partial charge in [-0.2, -0.15) is 5.10 Å². The zero-order chi connectivity index (χ0) is 21.9. The molecule has 0 radical (unpaired) electrons. The van der Waals surface area contributed by atoms with Gasteiger partial charge in [0, 0.05) is 36.5 Å². The molecule has 7 nitrogen and oxygen atoms in total. The van der Waals surface area contributed by atoms with Gasteiger partial charge in [-0.15, -0.1) is 0 Å². The fraction of sp³-hybridized carbons (Fsp3) is 0.292. The molecule has 156 valence electrons. The zero-order valence-corrected chi connectivity index (χ0v) is 17.7. The van der Waals surface area contributed by atoms with Crippen LogP contribution in [0.5, 0.6) is 0 Å². The van der Waals surface area contributed by atoms with Crippen LogP contribution in [0.15, 0.2) is 36.5 Å². The number of aryl methyl sites for hydroxylation is 1. The minimum Gasteiger partial charge on any atom is -0.378 e. The molecular formula is C24H23N5O2. The van der Waals surface area contributed by atoms with E-state index in [2.05, 4.69) is 27.6 Å². The molecule has 1 atom stereocenters. The fourth-order valence-corrected chi connectivity index (χ4v) is 4.23. The summed E-state index contributed by atoms with van der Waals surface area (Å²) in [6, 6.07) is 8.04. The van der Waals surface area contributed by atoms with Crippen LogP contribution < -0.4 is 5.73 Å². The van der Waals surface area contributed by atoms with E-state index in [1.165, 1.54) is 5.57 Å². The Morgan fingerprint density at radius 3 is 2.74 bits per heavy atom. The van der Waals surface area contributed by atoms with Crippen molar-refractivity contribution in [1.29, 1.82) is 0 Å². The Bertz CT molecular complexity index is 1320. The van der Waals surface area contributed by atoms with Crippen LogP contribution in [0.25, 0.3) is 17.0 Å². The normalized spacial score (nSPS) is 16.3. The number of nitrogens with two attached hydrogens (primary N) is 1. The van der Waals surface area contributed by atoms with E-state index in [0.717, 1.165) is 40.3 Å². The first-order chi connectivity index (χ1) is 14.7. The predicted octanol–water partition coefficient (Wildman–Crippen LogP) is 2.44. The lowest BCUT2D eigenvalue weighted by Gasteiger charge is -2.26. The van der Waals surface area contributed by atoms with E-state index in [0.29, 0.717) is 12.1 Å². The summed E-state index contributed by atoms with van der Waals surface area (Å²) in [6.07, 6.45) is 5.34. The molecule has 6 rings (SSSR count). The van der Waals surface area contributed by atoms with Crippen molar-refractivity contribution in [2.45, 2.75) is 38.3 Å². The summed E-state index contributed by atoms with van der Waals surface area (Å²) in [4.78, 5) is 17.0. The third-order valence-electron chi connectivity index (χ3n) is 5.79. The second-order valence-corrected chi connectivity index (χ2v) is 8.62. The van der Waals surface area contributed by atoms with E-state index in [-0.39, 0.29) is 6.04 Å². The summed E-state index contributed by atoms with van der Waals surface area (Å²) < 4.78 is 3.93. The lowest BCUT2D eigenvalue weighted by Crippen LogP contribution is -2.20. The summed E-state index contributed by atoms with van der Waals surface area (Å²) in [6.45, 7) is 3.30. The van der Waals surface area contributed by atoms with Crippen LogP contribution in [0.1, 0.15) is 59.3 Å². The van der Waals surface area contributed by atoms with E-state index in [1.54, 1.807) is 24.7 Å². The molecule has 3 aliphatic rings. The molecule has 4 heterocycles. The predicted molar refractivity (Wildman–Crippen MR) is 117 cm³/mol. The molecule has 3 N–H and O–H groups in total. The van der Waals surface area contributed by atoms with Gasteiger partial charge in [0.15, 0.2) is 0 Å². The fourth-order valence-electron chi connectivity index (χ4n) is 4.23. The molecule has 2 aromatic heterocycles. The van der Waals surface area contributed by atoms with Gasteiger partial charge in [0.2, 0.25) is 0 Å². The Balaban J connectivity index is 1.70. The molecule has 0 spiro atoms. The van der Waals surface area contributed by atoms with E-state index >= 15 is 0 Å². The molecule has 2 aliphatic heterocycles. The summed E-state index contributed by atoms with van der Waals surface area (Å²) >= 11 is 0. The van der Waals surface area contributed by atoms with Crippen LogP contribution in [-0.4, -0.2) is 35.9 Å². The Morgan fingerprint density at radius 1 is 1.32 bits per heavy atom. The minimum atomic E-state index is -1.08. The molecule has 2 bridgehead atoms. The second kappa shape index (κ2) is 6.69.